The summed E-state index contributed by atoms with van der Waals surface area (Å²) < 4.78 is 66.3. The average Bonchev–Trinajstić information content (AvgIpc) is 2.45. The fourth-order valence-corrected chi connectivity index (χ4v) is 1.71. The molecule has 2 aromatic rings. The number of nitrogens with zero attached hydrogens (tertiary/aromatic N) is 1. The van der Waals surface area contributed by atoms with Crippen LogP contribution in [0.3, 0.4) is 0 Å². The maximum absolute atomic E-state index is 13.6. The standard InChI is InChI=1S/C12H3ClF5NO/c13-5-2-1-4(3-20)19-12(5)6-7(14)9(16)11(18)10(17)8(6)15/h1-3H. The first-order chi connectivity index (χ1) is 9.38. The van der Waals surface area contributed by atoms with E-state index in [0.29, 0.717) is 0 Å². The normalized spacial score (nSPS) is 10.7. The van der Waals surface area contributed by atoms with E-state index < -0.39 is 40.3 Å². The molecule has 0 fully saturated rings. The summed E-state index contributed by atoms with van der Waals surface area (Å²) in [6, 6.07) is 2.19. The van der Waals surface area contributed by atoms with Gasteiger partial charge in [-0.2, -0.15) is 0 Å². The Morgan fingerprint density at radius 1 is 0.900 bits per heavy atom. The zero-order valence-electron chi connectivity index (χ0n) is 9.36. The first-order valence-electron chi connectivity index (χ1n) is 5.02. The molecule has 0 amide bonds. The van der Waals surface area contributed by atoms with Crippen LogP contribution in [0.15, 0.2) is 12.1 Å². The van der Waals surface area contributed by atoms with E-state index in [9.17, 15) is 26.7 Å². The average molecular weight is 308 g/mol. The van der Waals surface area contributed by atoms with Crippen LogP contribution in [-0.4, -0.2) is 11.3 Å². The highest BCUT2D eigenvalue weighted by atomic mass is 35.5. The van der Waals surface area contributed by atoms with Gasteiger partial charge in [-0.15, -0.1) is 0 Å². The Morgan fingerprint density at radius 2 is 1.40 bits per heavy atom. The van der Waals surface area contributed by atoms with Gasteiger partial charge in [0.2, 0.25) is 5.82 Å². The first-order valence-corrected chi connectivity index (χ1v) is 5.39. The lowest BCUT2D eigenvalue weighted by Gasteiger charge is -2.09. The van der Waals surface area contributed by atoms with E-state index in [-0.39, 0.29) is 17.0 Å². The van der Waals surface area contributed by atoms with Crippen LogP contribution in [0.4, 0.5) is 22.0 Å². The highest BCUT2D eigenvalue weighted by Gasteiger charge is 2.28. The van der Waals surface area contributed by atoms with Crippen molar-refractivity contribution in [2.45, 2.75) is 0 Å². The molecule has 1 aromatic carbocycles. The maximum atomic E-state index is 13.6. The number of rotatable bonds is 2. The number of benzene rings is 1. The molecule has 2 nitrogen and oxygen atoms in total. The molecule has 0 N–H and O–H groups in total. The molecule has 20 heavy (non-hydrogen) atoms. The monoisotopic (exact) mass is 307 g/mol. The van der Waals surface area contributed by atoms with Gasteiger partial charge in [0, 0.05) is 0 Å². The van der Waals surface area contributed by atoms with Crippen molar-refractivity contribution in [1.29, 1.82) is 0 Å². The Balaban J connectivity index is 2.86. The zero-order valence-corrected chi connectivity index (χ0v) is 10.1. The number of halogens is 6. The van der Waals surface area contributed by atoms with Crippen molar-refractivity contribution in [2.75, 3.05) is 0 Å². The summed E-state index contributed by atoms with van der Waals surface area (Å²) in [7, 11) is 0. The highest BCUT2D eigenvalue weighted by molar-refractivity contribution is 6.33. The molecule has 0 unspecified atom stereocenters. The van der Waals surface area contributed by atoms with Crippen LogP contribution < -0.4 is 0 Å². The van der Waals surface area contributed by atoms with Gasteiger partial charge in [0.05, 0.1) is 16.3 Å². The van der Waals surface area contributed by atoms with Crippen LogP contribution in [0, 0.1) is 29.1 Å². The van der Waals surface area contributed by atoms with E-state index in [1.165, 1.54) is 0 Å². The van der Waals surface area contributed by atoms with E-state index in [1.807, 2.05) is 0 Å². The van der Waals surface area contributed by atoms with Gasteiger partial charge in [0.1, 0.15) is 5.69 Å². The lowest BCUT2D eigenvalue weighted by atomic mass is 10.1. The number of pyridine rings is 1. The number of carbonyl (C=O) groups excluding carboxylic acids is 1. The predicted octanol–water partition coefficient (Wildman–Crippen LogP) is 3.91. The summed E-state index contributed by atoms with van der Waals surface area (Å²) in [6.45, 7) is 0. The molecule has 8 heteroatoms. The van der Waals surface area contributed by atoms with Crippen molar-refractivity contribution in [2.24, 2.45) is 0 Å². The summed E-state index contributed by atoms with van der Waals surface area (Å²) in [4.78, 5) is 14.0. The molecule has 0 radical (unpaired) electrons. The first kappa shape index (κ1) is 14.4. The van der Waals surface area contributed by atoms with Crippen LogP contribution in [0.1, 0.15) is 10.5 Å². The lowest BCUT2D eigenvalue weighted by molar-refractivity contribution is 0.111. The molecular weight excluding hydrogens is 305 g/mol. The van der Waals surface area contributed by atoms with Crippen molar-refractivity contribution >= 4 is 17.9 Å². The van der Waals surface area contributed by atoms with Crippen molar-refractivity contribution in [1.82, 2.24) is 4.98 Å². The highest BCUT2D eigenvalue weighted by Crippen LogP contribution is 2.34. The minimum absolute atomic E-state index is 0.242. The second-order valence-electron chi connectivity index (χ2n) is 3.63. The molecule has 0 spiro atoms. The second-order valence-corrected chi connectivity index (χ2v) is 4.04. The Kier molecular flexibility index (Phi) is 3.71. The molecule has 0 saturated heterocycles. The molecular formula is C12H3ClF5NO. The molecule has 0 aliphatic rings. The zero-order chi connectivity index (χ0) is 15.0. The molecule has 1 heterocycles. The van der Waals surface area contributed by atoms with Gasteiger partial charge in [-0.3, -0.25) is 4.79 Å². The smallest absolute Gasteiger partial charge is 0.200 e. The van der Waals surface area contributed by atoms with Gasteiger partial charge >= 0.3 is 0 Å². The minimum atomic E-state index is -2.29. The van der Waals surface area contributed by atoms with Crippen molar-refractivity contribution in [3.63, 3.8) is 0 Å². The summed E-state index contributed by atoms with van der Waals surface area (Å²) in [5.41, 5.74) is -2.26. The van der Waals surface area contributed by atoms with Crippen LogP contribution in [0.25, 0.3) is 11.3 Å². The molecule has 104 valence electrons. The summed E-state index contributed by atoms with van der Waals surface area (Å²) in [5.74, 6) is -10.7. The number of aromatic nitrogens is 1. The van der Waals surface area contributed by atoms with Crippen LogP contribution >= 0.6 is 11.6 Å². The van der Waals surface area contributed by atoms with Crippen LogP contribution in [-0.2, 0) is 0 Å². The van der Waals surface area contributed by atoms with Crippen molar-refractivity contribution in [3.8, 4) is 11.3 Å². The topological polar surface area (TPSA) is 30.0 Å². The van der Waals surface area contributed by atoms with Crippen molar-refractivity contribution < 1.29 is 26.7 Å². The largest absolute Gasteiger partial charge is 0.296 e. The number of hydrogen-bond acceptors (Lipinski definition) is 2. The number of carbonyl (C=O) groups is 1. The van der Waals surface area contributed by atoms with E-state index >= 15 is 0 Å². The quantitative estimate of drug-likeness (QED) is 0.364. The molecule has 2 rings (SSSR count). The van der Waals surface area contributed by atoms with Crippen LogP contribution in [0.2, 0.25) is 5.02 Å². The van der Waals surface area contributed by atoms with E-state index in [4.69, 9.17) is 11.6 Å². The summed E-state index contributed by atoms with van der Waals surface area (Å²) in [5, 5.41) is -0.362. The van der Waals surface area contributed by atoms with Gasteiger partial charge < -0.3 is 0 Å². The van der Waals surface area contributed by atoms with Gasteiger partial charge in [0.15, 0.2) is 29.6 Å². The third-order valence-corrected chi connectivity index (χ3v) is 2.74. The summed E-state index contributed by atoms with van der Waals surface area (Å²) in [6.07, 6.45) is 0.242. The maximum Gasteiger partial charge on any atom is 0.200 e. The molecule has 0 aliphatic carbocycles. The molecule has 0 aliphatic heterocycles. The minimum Gasteiger partial charge on any atom is -0.296 e. The SMILES string of the molecule is O=Cc1ccc(Cl)c(-c2c(F)c(F)c(F)c(F)c2F)n1. The number of aldehydes is 1. The van der Waals surface area contributed by atoms with Gasteiger partial charge in [-0.1, -0.05) is 11.6 Å². The Morgan fingerprint density at radius 3 is 1.90 bits per heavy atom. The molecule has 0 saturated carbocycles. The van der Waals surface area contributed by atoms with E-state index in [1.54, 1.807) is 0 Å². The Hall–Kier alpha value is -2.02. The van der Waals surface area contributed by atoms with Gasteiger partial charge in [-0.25, -0.2) is 26.9 Å². The second kappa shape index (κ2) is 5.16. The fraction of sp³-hybridized carbons (Fsp3) is 0. The third-order valence-electron chi connectivity index (χ3n) is 2.43. The van der Waals surface area contributed by atoms with Gasteiger partial charge in [-0.05, 0) is 12.1 Å². The lowest BCUT2D eigenvalue weighted by Crippen LogP contribution is -2.06. The summed E-state index contributed by atoms with van der Waals surface area (Å²) >= 11 is 5.63. The molecule has 0 bridgehead atoms. The van der Waals surface area contributed by atoms with Crippen LogP contribution in [0.5, 0.6) is 0 Å². The Bertz CT molecular complexity index is 690. The third kappa shape index (κ3) is 2.14. The fourth-order valence-electron chi connectivity index (χ4n) is 1.51. The predicted molar refractivity (Wildman–Crippen MR) is 59.9 cm³/mol. The Labute approximate surface area is 113 Å². The molecule has 1 aromatic heterocycles. The van der Waals surface area contributed by atoms with E-state index in [0.717, 1.165) is 12.1 Å². The van der Waals surface area contributed by atoms with E-state index in [2.05, 4.69) is 4.98 Å². The van der Waals surface area contributed by atoms with Gasteiger partial charge in [0.25, 0.3) is 0 Å². The molecule has 0 atom stereocenters. The number of hydrogen-bond donors (Lipinski definition) is 0. The van der Waals surface area contributed by atoms with Crippen molar-refractivity contribution in [3.05, 3.63) is 51.9 Å².